The van der Waals surface area contributed by atoms with Gasteiger partial charge >= 0.3 is 0 Å². The van der Waals surface area contributed by atoms with Crippen LogP contribution in [0.25, 0.3) is 0 Å². The molecule has 0 aromatic carbocycles. The normalized spacial score (nSPS) is 47.1. The van der Waals surface area contributed by atoms with E-state index in [9.17, 15) is 0 Å². The lowest BCUT2D eigenvalue weighted by molar-refractivity contribution is -0.156. The maximum Gasteiger partial charge on any atom is 0.211 e. The van der Waals surface area contributed by atoms with Crippen molar-refractivity contribution in [2.24, 2.45) is 22.7 Å². The second-order valence-corrected chi connectivity index (χ2v) is 7.02. The van der Waals surface area contributed by atoms with E-state index in [-0.39, 0.29) is 10.8 Å². The van der Waals surface area contributed by atoms with Crippen LogP contribution in [0.1, 0.15) is 47.5 Å². The molecule has 1 N–H and O–H groups in total. The first kappa shape index (κ1) is 11.0. The van der Waals surface area contributed by atoms with E-state index in [4.69, 9.17) is 11.3 Å². The van der Waals surface area contributed by atoms with E-state index >= 15 is 0 Å². The zero-order valence-electron chi connectivity index (χ0n) is 12.5. The molecule has 0 heterocycles. The van der Waals surface area contributed by atoms with Crippen molar-refractivity contribution in [1.82, 2.24) is 0 Å². The van der Waals surface area contributed by atoms with Gasteiger partial charge in [0.2, 0.25) is 1.43 Å². The Morgan fingerprint density at radius 1 is 1.38 bits per heavy atom. The maximum atomic E-state index is 7.44. The third-order valence-electron chi connectivity index (χ3n) is 5.73. The molecule has 2 aliphatic rings. The summed E-state index contributed by atoms with van der Waals surface area (Å²) in [6, 6.07) is 0. The molecule has 2 aliphatic carbocycles. The Balaban J connectivity index is 2.47. The highest BCUT2D eigenvalue weighted by atomic mass is 16.5. The van der Waals surface area contributed by atoms with Crippen molar-refractivity contribution in [3.8, 4) is 0 Å². The van der Waals surface area contributed by atoms with Crippen LogP contribution in [0.15, 0.2) is 0 Å². The predicted octanol–water partition coefficient (Wildman–Crippen LogP) is 2.84. The molecule has 2 unspecified atom stereocenters. The Morgan fingerprint density at radius 3 is 2.44 bits per heavy atom. The van der Waals surface area contributed by atoms with E-state index < -0.39 is 5.60 Å². The molecule has 0 amide bonds. The van der Waals surface area contributed by atoms with Crippen molar-refractivity contribution >= 4 is 0 Å². The molecular weight excluding hydrogens is 200 g/mol. The number of ether oxygens (including phenoxy) is 1. The Bertz CT molecular complexity index is 313. The van der Waals surface area contributed by atoms with Crippen molar-refractivity contribution in [2.75, 3.05) is 7.11 Å². The fourth-order valence-electron chi connectivity index (χ4n) is 4.86. The summed E-state index contributed by atoms with van der Waals surface area (Å²) in [7, 11) is 1.82. The van der Waals surface area contributed by atoms with Crippen LogP contribution in [0.5, 0.6) is 0 Å². The zero-order valence-corrected chi connectivity index (χ0v) is 11.5. The Morgan fingerprint density at radius 2 is 2.00 bits per heavy atom. The molecular formula is C14H26O2. The van der Waals surface area contributed by atoms with Crippen LogP contribution < -0.4 is 0 Å². The first-order chi connectivity index (χ1) is 7.73. The van der Waals surface area contributed by atoms with E-state index in [1.165, 1.54) is 0 Å². The van der Waals surface area contributed by atoms with Gasteiger partial charge in [0.25, 0.3) is 0 Å². The van der Waals surface area contributed by atoms with Crippen LogP contribution in [0.2, 0.25) is 0 Å². The average molecular weight is 228 g/mol. The zero-order chi connectivity index (χ0) is 13.1. The van der Waals surface area contributed by atoms with Gasteiger partial charge in [0.05, 0.1) is 11.7 Å². The Kier molecular flexibility index (Phi) is 2.23. The monoisotopic (exact) mass is 228 g/mol. The van der Waals surface area contributed by atoms with Gasteiger partial charge in [-0.3, -0.25) is 0 Å². The van der Waals surface area contributed by atoms with Gasteiger partial charge in [0.1, 0.15) is 0 Å². The van der Waals surface area contributed by atoms with Gasteiger partial charge in [-0.05, 0) is 43.9 Å². The number of rotatable bonds is 3. The van der Waals surface area contributed by atoms with E-state index in [1.54, 1.807) is 0 Å². The van der Waals surface area contributed by atoms with Gasteiger partial charge in [0.15, 0.2) is 0 Å². The molecule has 0 radical (unpaired) electrons. The van der Waals surface area contributed by atoms with Crippen LogP contribution in [0, 0.1) is 22.7 Å². The summed E-state index contributed by atoms with van der Waals surface area (Å²) in [5.41, 5.74) is -0.275. The Labute approximate surface area is 101 Å². The molecule has 2 fully saturated rings. The topological polar surface area (TPSA) is 29.5 Å². The van der Waals surface area contributed by atoms with E-state index in [0.717, 1.165) is 12.8 Å². The minimum absolute atomic E-state index is 0.0620. The van der Waals surface area contributed by atoms with Gasteiger partial charge < -0.3 is 9.85 Å². The maximum absolute atomic E-state index is 7.44. The number of methoxy groups -OCH3 is 1. The SMILES string of the molecule is [3H]OC(C)(C)C12CC([C@H](C)C1)[C@H](OC)C2(C)C. The van der Waals surface area contributed by atoms with Gasteiger partial charge in [-0.1, -0.05) is 20.8 Å². The molecule has 4 atom stereocenters. The van der Waals surface area contributed by atoms with Crippen LogP contribution in [-0.2, 0) is 4.74 Å². The Hall–Kier alpha value is -0.0800. The summed E-state index contributed by atoms with van der Waals surface area (Å²) < 4.78 is 13.2. The molecule has 2 nitrogen and oxygen atoms in total. The summed E-state index contributed by atoms with van der Waals surface area (Å²) in [5, 5.41) is 5.11. The molecule has 16 heavy (non-hydrogen) atoms. The number of hydrogen-bond acceptors (Lipinski definition) is 2. The van der Waals surface area contributed by atoms with Crippen molar-refractivity contribution in [1.29, 1.82) is 1.43 Å². The molecule has 2 heteroatoms. The molecule has 0 saturated heterocycles. The molecule has 0 aromatic rings. The average Bonchev–Trinajstić information content (AvgIpc) is 2.69. The fraction of sp³-hybridized carbons (Fsp3) is 1.00. The van der Waals surface area contributed by atoms with Crippen molar-refractivity contribution < 1.29 is 9.85 Å². The van der Waals surface area contributed by atoms with Gasteiger partial charge in [-0.15, -0.1) is 0 Å². The summed E-state index contributed by atoms with van der Waals surface area (Å²) in [5.74, 6) is 1.28. The van der Waals surface area contributed by atoms with Crippen LogP contribution in [0.4, 0.5) is 0 Å². The highest BCUT2D eigenvalue weighted by Crippen LogP contribution is 2.70. The first-order valence-electron chi connectivity index (χ1n) is 6.81. The molecule has 2 bridgehead atoms. The van der Waals surface area contributed by atoms with Crippen molar-refractivity contribution in [2.45, 2.75) is 59.2 Å². The second kappa shape index (κ2) is 3.23. The summed E-state index contributed by atoms with van der Waals surface area (Å²) in [4.78, 5) is 0. The largest absolute Gasteiger partial charge is 0.390 e. The fourth-order valence-corrected chi connectivity index (χ4v) is 4.86. The van der Waals surface area contributed by atoms with Gasteiger partial charge in [-0.2, -0.15) is 0 Å². The van der Waals surface area contributed by atoms with Crippen LogP contribution >= 0.6 is 0 Å². The number of aliphatic hydroxyl groups is 1. The smallest absolute Gasteiger partial charge is 0.211 e. The lowest BCUT2D eigenvalue weighted by atomic mass is 9.55. The molecule has 0 aromatic heterocycles. The molecule has 0 aliphatic heterocycles. The van der Waals surface area contributed by atoms with Crippen molar-refractivity contribution in [3.05, 3.63) is 0 Å². The summed E-state index contributed by atoms with van der Waals surface area (Å²) >= 11 is 0. The number of fused-ring (bicyclic) bond motifs is 2. The third-order valence-corrected chi connectivity index (χ3v) is 5.73. The lowest BCUT2D eigenvalue weighted by Gasteiger charge is -2.53. The summed E-state index contributed by atoms with van der Waals surface area (Å²) in [6.45, 7) is 11.0. The highest BCUT2D eigenvalue weighted by molar-refractivity contribution is 5.18. The molecule has 94 valence electrons. The van der Waals surface area contributed by atoms with Gasteiger partial charge in [-0.25, -0.2) is 0 Å². The van der Waals surface area contributed by atoms with E-state index in [0.29, 0.717) is 17.9 Å². The van der Waals surface area contributed by atoms with Gasteiger partial charge in [0, 0.05) is 12.5 Å². The minimum Gasteiger partial charge on any atom is -0.390 e. The van der Waals surface area contributed by atoms with E-state index in [1.807, 2.05) is 7.11 Å². The van der Waals surface area contributed by atoms with Crippen LogP contribution in [-0.4, -0.2) is 25.4 Å². The third kappa shape index (κ3) is 1.20. The highest BCUT2D eigenvalue weighted by Gasteiger charge is 2.69. The van der Waals surface area contributed by atoms with E-state index in [2.05, 4.69) is 34.6 Å². The van der Waals surface area contributed by atoms with Crippen LogP contribution in [0.3, 0.4) is 0 Å². The quantitative estimate of drug-likeness (QED) is 0.805. The number of hydrogen-bond donors (Lipinski definition) is 1. The summed E-state index contributed by atoms with van der Waals surface area (Å²) in [6.07, 6.45) is 2.57. The minimum atomic E-state index is -0.410. The first-order valence-corrected chi connectivity index (χ1v) is 6.40. The molecule has 0 spiro atoms. The molecule has 2 saturated carbocycles. The molecule has 2 rings (SSSR count). The standard InChI is InChI=1S/C14H26O2/c1-9-7-14(13(4,5)15)8-10(9)11(16-6)12(14,2)3/h9-11,15H,7-8H2,1-6H3/t9-,10?,11+,14?/m1/s1/i15T. The van der Waals surface area contributed by atoms with Crippen molar-refractivity contribution in [3.63, 3.8) is 0 Å². The predicted molar refractivity (Wildman–Crippen MR) is 65.2 cm³/mol. The lowest BCUT2D eigenvalue weighted by Crippen LogP contribution is -2.55. The second-order valence-electron chi connectivity index (χ2n) is 7.02.